The summed E-state index contributed by atoms with van der Waals surface area (Å²) in [7, 11) is 0. The highest BCUT2D eigenvalue weighted by Gasteiger charge is 2.46. The third kappa shape index (κ3) is 8.59. The molecule has 1 fully saturated rings. The van der Waals surface area contributed by atoms with E-state index in [1.807, 2.05) is 35.8 Å². The van der Waals surface area contributed by atoms with Crippen molar-refractivity contribution < 1.29 is 38.2 Å². The zero-order chi connectivity index (χ0) is 42.8. The highest BCUT2D eigenvalue weighted by atomic mass is 35.5. The zero-order valence-electron chi connectivity index (χ0n) is 33.5. The number of nitrogens with zero attached hydrogens (tertiary/aromatic N) is 8. The Balaban J connectivity index is 0.771. The zero-order valence-corrected chi connectivity index (χ0v) is 35.0. The van der Waals surface area contributed by atoms with Crippen molar-refractivity contribution in [3.05, 3.63) is 104 Å². The Hall–Kier alpha value is -6.15. The molecule has 6 heterocycles. The molecule has 61 heavy (non-hydrogen) atoms. The molecule has 8 rings (SSSR count). The first-order chi connectivity index (χ1) is 29.5. The van der Waals surface area contributed by atoms with Crippen molar-refractivity contribution in [2.75, 3.05) is 33.0 Å². The number of thiophene rings is 1. The molecule has 3 aliphatic heterocycles. The number of ether oxygens (including phenoxy) is 3. The number of carbonyl (C=O) groups excluding carboxylic acids is 5. The third-order valence-electron chi connectivity index (χ3n) is 10.5. The molecule has 0 bridgehead atoms. The van der Waals surface area contributed by atoms with Crippen LogP contribution in [0.15, 0.2) is 53.7 Å². The Bertz CT molecular complexity index is 2570. The van der Waals surface area contributed by atoms with Crippen LogP contribution in [-0.2, 0) is 37.0 Å². The quantitative estimate of drug-likeness (QED) is 0.108. The number of amides is 5. The molecule has 18 nitrogen and oxygen atoms in total. The largest absolute Gasteiger partial charge is 0.490 e. The first-order valence-corrected chi connectivity index (χ1v) is 20.8. The third-order valence-corrected chi connectivity index (χ3v) is 12.0. The maximum Gasteiger partial charge on any atom is 0.266 e. The van der Waals surface area contributed by atoms with Crippen LogP contribution in [0.3, 0.4) is 0 Å². The van der Waals surface area contributed by atoms with Crippen molar-refractivity contribution in [2.45, 2.75) is 65.3 Å². The molecule has 2 atom stereocenters. The van der Waals surface area contributed by atoms with Gasteiger partial charge in [0.1, 0.15) is 41.0 Å². The predicted octanol–water partition coefficient (Wildman–Crippen LogP) is 3.61. The standard InChI is InChI=1S/C41H41ClN10O8S/c1-22-23(2)61-41-34(22)36(25-7-9-26(42)10-8-25)44-29(37-48-46-24(3)51(37)41)19-33(54)43-13-14-50-20-27(47-49-50)21-59-16-15-58-17-18-60-31-6-4-5-28-35(31)40(57)52(39(28)56)30-11-12-32(53)45-38(30)55/h4-10,20,29-30H,11-19,21H2,1-3H3,(H,43,54)(H,45,53,55)/t29-,30?/m0/s1. The summed E-state index contributed by atoms with van der Waals surface area (Å²) in [5.41, 5.74) is 4.60. The lowest BCUT2D eigenvalue weighted by Crippen LogP contribution is -2.54. The molecule has 0 aliphatic carbocycles. The van der Waals surface area contributed by atoms with Crippen LogP contribution in [0.4, 0.5) is 0 Å². The van der Waals surface area contributed by atoms with Gasteiger partial charge in [-0.2, -0.15) is 0 Å². The molecule has 20 heteroatoms. The monoisotopic (exact) mass is 868 g/mol. The van der Waals surface area contributed by atoms with Crippen LogP contribution in [0.5, 0.6) is 5.75 Å². The van der Waals surface area contributed by atoms with Gasteiger partial charge in [0.2, 0.25) is 17.7 Å². The summed E-state index contributed by atoms with van der Waals surface area (Å²) >= 11 is 7.88. The first kappa shape index (κ1) is 41.6. The van der Waals surface area contributed by atoms with Crippen LogP contribution < -0.4 is 15.4 Å². The van der Waals surface area contributed by atoms with Crippen molar-refractivity contribution in [3.63, 3.8) is 0 Å². The van der Waals surface area contributed by atoms with Crippen LogP contribution in [0.2, 0.25) is 5.02 Å². The number of imide groups is 2. The van der Waals surface area contributed by atoms with Crippen LogP contribution in [-0.4, -0.2) is 109 Å². The number of aliphatic imine (C=N–C) groups is 1. The molecule has 0 saturated carbocycles. The maximum atomic E-state index is 13.4. The molecule has 316 valence electrons. The fourth-order valence-electron chi connectivity index (χ4n) is 7.42. The van der Waals surface area contributed by atoms with E-state index in [0.29, 0.717) is 35.5 Å². The number of hydrogen-bond acceptors (Lipinski definition) is 14. The Morgan fingerprint density at radius 3 is 2.54 bits per heavy atom. The number of rotatable bonds is 16. The summed E-state index contributed by atoms with van der Waals surface area (Å²) in [6.45, 7) is 7.75. The molecule has 2 N–H and O–H groups in total. The van der Waals surface area contributed by atoms with E-state index < -0.39 is 35.7 Å². The molecule has 5 amide bonds. The maximum absolute atomic E-state index is 13.4. The minimum absolute atomic E-state index is 0.0343. The lowest BCUT2D eigenvalue weighted by Gasteiger charge is -2.27. The fraction of sp³-hybridized carbons (Fsp3) is 0.366. The van der Waals surface area contributed by atoms with E-state index in [0.717, 1.165) is 37.2 Å². The van der Waals surface area contributed by atoms with Crippen LogP contribution >= 0.6 is 22.9 Å². The summed E-state index contributed by atoms with van der Waals surface area (Å²) < 4.78 is 20.7. The van der Waals surface area contributed by atoms with Crippen LogP contribution in [0.1, 0.15) is 84.9 Å². The number of fused-ring (bicyclic) bond motifs is 4. The molecular formula is C41H41ClN10O8S. The van der Waals surface area contributed by atoms with E-state index >= 15 is 0 Å². The van der Waals surface area contributed by atoms with Gasteiger partial charge in [-0.05, 0) is 57.0 Å². The van der Waals surface area contributed by atoms with Crippen molar-refractivity contribution >= 4 is 58.2 Å². The highest BCUT2D eigenvalue weighted by Crippen LogP contribution is 2.40. The second kappa shape index (κ2) is 17.8. The number of aryl methyl sites for hydroxylation is 2. The number of piperidine rings is 1. The van der Waals surface area contributed by atoms with E-state index in [-0.39, 0.29) is 75.1 Å². The summed E-state index contributed by atoms with van der Waals surface area (Å²) in [5, 5.41) is 23.9. The van der Waals surface area contributed by atoms with Gasteiger partial charge >= 0.3 is 0 Å². The normalized spacial score (nSPS) is 17.1. The van der Waals surface area contributed by atoms with E-state index in [2.05, 4.69) is 45.0 Å². The number of halogens is 1. The number of hydrogen-bond donors (Lipinski definition) is 2. The molecule has 3 aromatic heterocycles. The van der Waals surface area contributed by atoms with Gasteiger partial charge in [0, 0.05) is 34.0 Å². The fourth-order valence-corrected chi connectivity index (χ4v) is 8.76. The topological polar surface area (TPSA) is 214 Å². The van der Waals surface area contributed by atoms with Gasteiger partial charge in [-0.3, -0.25) is 48.4 Å². The van der Waals surface area contributed by atoms with Gasteiger partial charge in [0.25, 0.3) is 11.8 Å². The lowest BCUT2D eigenvalue weighted by molar-refractivity contribution is -0.136. The van der Waals surface area contributed by atoms with Crippen molar-refractivity contribution in [2.24, 2.45) is 4.99 Å². The molecule has 1 saturated heterocycles. The van der Waals surface area contributed by atoms with E-state index in [1.165, 1.54) is 6.07 Å². The minimum Gasteiger partial charge on any atom is -0.490 e. The first-order valence-electron chi connectivity index (χ1n) is 19.6. The summed E-state index contributed by atoms with van der Waals surface area (Å²) in [6.07, 6.45) is 1.91. The summed E-state index contributed by atoms with van der Waals surface area (Å²) in [6, 6.07) is 10.6. The number of benzene rings is 2. The number of nitrogens with one attached hydrogen (secondary N) is 2. The molecule has 5 aromatic rings. The number of carbonyl (C=O) groups is 5. The SMILES string of the molecule is Cc1sc2c(c1C)C(c1ccc(Cl)cc1)=N[C@@H](CC(=O)NCCn1cc(COCCOCCOc3cccc4c3C(=O)N(C3CCC(=O)NC3=O)C4=O)nn1)c1nnc(C)n1-2. The van der Waals surface area contributed by atoms with Gasteiger partial charge in [-0.15, -0.1) is 26.6 Å². The van der Waals surface area contributed by atoms with Crippen molar-refractivity contribution in [1.29, 1.82) is 0 Å². The van der Waals surface area contributed by atoms with E-state index in [1.54, 1.807) is 34.3 Å². The lowest BCUT2D eigenvalue weighted by atomic mass is 9.99. The average molecular weight is 869 g/mol. The Kier molecular flexibility index (Phi) is 12.2. The summed E-state index contributed by atoms with van der Waals surface area (Å²) in [4.78, 5) is 70.8. The van der Waals surface area contributed by atoms with E-state index in [9.17, 15) is 24.0 Å². The van der Waals surface area contributed by atoms with E-state index in [4.69, 9.17) is 30.8 Å². The second-order valence-electron chi connectivity index (χ2n) is 14.6. The van der Waals surface area contributed by atoms with Crippen LogP contribution in [0.25, 0.3) is 5.00 Å². The Labute approximate surface area is 358 Å². The van der Waals surface area contributed by atoms with Crippen molar-refractivity contribution in [3.8, 4) is 10.8 Å². The van der Waals surface area contributed by atoms with Gasteiger partial charge in [-0.1, -0.05) is 35.0 Å². The Morgan fingerprint density at radius 2 is 1.74 bits per heavy atom. The van der Waals surface area contributed by atoms with Crippen molar-refractivity contribution in [1.82, 2.24) is 45.3 Å². The smallest absolute Gasteiger partial charge is 0.266 e. The molecule has 0 radical (unpaired) electrons. The Morgan fingerprint density at radius 1 is 0.951 bits per heavy atom. The molecule has 0 spiro atoms. The predicted molar refractivity (Wildman–Crippen MR) is 220 cm³/mol. The average Bonchev–Trinajstić information content (AvgIpc) is 3.97. The summed E-state index contributed by atoms with van der Waals surface area (Å²) in [5.74, 6) is -1.04. The minimum atomic E-state index is -1.06. The molecule has 2 aromatic carbocycles. The van der Waals surface area contributed by atoms with Crippen LogP contribution in [0, 0.1) is 20.8 Å². The molecule has 1 unspecified atom stereocenters. The van der Waals surface area contributed by atoms with Gasteiger partial charge in [-0.25, -0.2) is 0 Å². The number of aromatic nitrogens is 6. The second-order valence-corrected chi connectivity index (χ2v) is 16.2. The van der Waals surface area contributed by atoms with Gasteiger partial charge in [0.05, 0.1) is 62.4 Å². The molecular weight excluding hydrogens is 828 g/mol. The van der Waals surface area contributed by atoms with Gasteiger partial charge < -0.3 is 19.5 Å². The van der Waals surface area contributed by atoms with Gasteiger partial charge in [0.15, 0.2) is 5.82 Å². The molecule has 3 aliphatic rings. The highest BCUT2D eigenvalue weighted by molar-refractivity contribution is 7.15.